The zero-order valence-corrected chi connectivity index (χ0v) is 11.0. The number of aromatic nitrogens is 2. The quantitative estimate of drug-likeness (QED) is 0.946. The Kier molecular flexibility index (Phi) is 3.59. The van der Waals surface area contributed by atoms with E-state index in [4.69, 9.17) is 5.73 Å². The molecule has 0 aliphatic rings. The Morgan fingerprint density at radius 3 is 2.82 bits per heavy atom. The number of nitrogens with two attached hydrogens (primary N) is 1. The van der Waals surface area contributed by atoms with Gasteiger partial charge >= 0.3 is 0 Å². The molecule has 2 N–H and O–H groups in total. The summed E-state index contributed by atoms with van der Waals surface area (Å²) in [5, 5.41) is 4.27. The van der Waals surface area contributed by atoms with Gasteiger partial charge in [0, 0.05) is 25.7 Å². The first-order valence-electron chi connectivity index (χ1n) is 5.25. The Morgan fingerprint density at radius 2 is 2.24 bits per heavy atom. The third kappa shape index (κ3) is 2.92. The zero-order valence-electron chi connectivity index (χ0n) is 9.40. The molecule has 0 spiro atoms. The highest BCUT2D eigenvalue weighted by Crippen LogP contribution is 2.22. The van der Waals surface area contributed by atoms with Crippen molar-refractivity contribution in [2.24, 2.45) is 12.8 Å². The van der Waals surface area contributed by atoms with Gasteiger partial charge in [0.1, 0.15) is 5.82 Å². The highest BCUT2D eigenvalue weighted by atomic mass is 79.9. The molecule has 0 aliphatic heterocycles. The van der Waals surface area contributed by atoms with E-state index in [1.165, 1.54) is 6.07 Å². The van der Waals surface area contributed by atoms with E-state index in [1.54, 1.807) is 16.8 Å². The van der Waals surface area contributed by atoms with E-state index in [0.29, 0.717) is 10.9 Å². The molecule has 0 fully saturated rings. The number of benzene rings is 1. The molecule has 0 saturated carbocycles. The SMILES string of the molecule is Cn1ccc(CC(N)c2ccc(F)c(Br)c2)n1. The molecule has 0 bridgehead atoms. The molecule has 1 aromatic carbocycles. The van der Waals surface area contributed by atoms with E-state index in [9.17, 15) is 4.39 Å². The molecule has 2 aromatic rings. The molecule has 0 radical (unpaired) electrons. The van der Waals surface area contributed by atoms with Crippen molar-refractivity contribution in [2.45, 2.75) is 12.5 Å². The van der Waals surface area contributed by atoms with Gasteiger partial charge < -0.3 is 5.73 Å². The summed E-state index contributed by atoms with van der Waals surface area (Å²) in [4.78, 5) is 0. The van der Waals surface area contributed by atoms with Gasteiger partial charge in [0.15, 0.2) is 0 Å². The van der Waals surface area contributed by atoms with Crippen molar-refractivity contribution in [1.29, 1.82) is 0 Å². The number of halogens is 2. The Hall–Kier alpha value is -1.20. The van der Waals surface area contributed by atoms with E-state index >= 15 is 0 Å². The molecule has 17 heavy (non-hydrogen) atoms. The van der Waals surface area contributed by atoms with Crippen LogP contribution in [0.15, 0.2) is 34.9 Å². The molecule has 5 heteroatoms. The van der Waals surface area contributed by atoms with Crippen LogP contribution in [0.25, 0.3) is 0 Å². The van der Waals surface area contributed by atoms with Crippen LogP contribution < -0.4 is 5.73 Å². The monoisotopic (exact) mass is 297 g/mol. The van der Waals surface area contributed by atoms with Gasteiger partial charge in [0.2, 0.25) is 0 Å². The topological polar surface area (TPSA) is 43.8 Å². The van der Waals surface area contributed by atoms with Crippen LogP contribution >= 0.6 is 15.9 Å². The Morgan fingerprint density at radius 1 is 1.47 bits per heavy atom. The predicted molar refractivity (Wildman–Crippen MR) is 67.9 cm³/mol. The van der Waals surface area contributed by atoms with Crippen LogP contribution in [0, 0.1) is 5.82 Å². The van der Waals surface area contributed by atoms with E-state index in [2.05, 4.69) is 21.0 Å². The lowest BCUT2D eigenvalue weighted by atomic mass is 10.0. The predicted octanol–water partition coefficient (Wildman–Crippen LogP) is 2.56. The second kappa shape index (κ2) is 4.98. The number of aryl methyl sites for hydroxylation is 1. The van der Waals surface area contributed by atoms with Gasteiger partial charge in [-0.05, 0) is 39.7 Å². The second-order valence-corrected chi connectivity index (χ2v) is 4.82. The van der Waals surface area contributed by atoms with Crippen LogP contribution in [0.3, 0.4) is 0 Å². The minimum absolute atomic E-state index is 0.179. The minimum Gasteiger partial charge on any atom is -0.324 e. The maximum Gasteiger partial charge on any atom is 0.137 e. The lowest BCUT2D eigenvalue weighted by Gasteiger charge is -2.11. The van der Waals surface area contributed by atoms with Crippen molar-refractivity contribution in [1.82, 2.24) is 9.78 Å². The summed E-state index contributed by atoms with van der Waals surface area (Å²) in [6, 6.07) is 6.58. The van der Waals surface area contributed by atoms with Gasteiger partial charge in [-0.3, -0.25) is 4.68 Å². The summed E-state index contributed by atoms with van der Waals surface area (Å²) in [6.45, 7) is 0. The molecule has 1 atom stereocenters. The molecule has 2 rings (SSSR count). The van der Waals surface area contributed by atoms with E-state index in [0.717, 1.165) is 11.3 Å². The van der Waals surface area contributed by atoms with Crippen LogP contribution in [0.5, 0.6) is 0 Å². The molecule has 3 nitrogen and oxygen atoms in total. The molecule has 1 heterocycles. The Balaban J connectivity index is 2.14. The molecule has 0 saturated heterocycles. The Bertz CT molecular complexity index is 524. The van der Waals surface area contributed by atoms with Gasteiger partial charge in [-0.2, -0.15) is 5.10 Å². The average Bonchev–Trinajstić information content (AvgIpc) is 2.68. The molecule has 1 unspecified atom stereocenters. The van der Waals surface area contributed by atoms with E-state index < -0.39 is 0 Å². The fraction of sp³-hybridized carbons (Fsp3) is 0.250. The number of rotatable bonds is 3. The van der Waals surface area contributed by atoms with Crippen LogP contribution in [-0.2, 0) is 13.5 Å². The second-order valence-electron chi connectivity index (χ2n) is 3.96. The van der Waals surface area contributed by atoms with Crippen molar-refractivity contribution < 1.29 is 4.39 Å². The molecule has 0 amide bonds. The number of hydrogen-bond donors (Lipinski definition) is 1. The highest BCUT2D eigenvalue weighted by Gasteiger charge is 2.10. The number of hydrogen-bond acceptors (Lipinski definition) is 2. The van der Waals surface area contributed by atoms with E-state index in [-0.39, 0.29) is 11.9 Å². The summed E-state index contributed by atoms with van der Waals surface area (Å²) < 4.78 is 15.3. The van der Waals surface area contributed by atoms with Crippen LogP contribution in [-0.4, -0.2) is 9.78 Å². The van der Waals surface area contributed by atoms with Crippen LogP contribution in [0.1, 0.15) is 17.3 Å². The third-order valence-electron chi connectivity index (χ3n) is 2.57. The van der Waals surface area contributed by atoms with Crippen LogP contribution in [0.4, 0.5) is 4.39 Å². The first kappa shape index (κ1) is 12.3. The average molecular weight is 298 g/mol. The maximum atomic E-state index is 13.1. The largest absolute Gasteiger partial charge is 0.324 e. The number of nitrogens with zero attached hydrogens (tertiary/aromatic N) is 2. The summed E-state index contributed by atoms with van der Waals surface area (Å²) >= 11 is 3.15. The van der Waals surface area contributed by atoms with Crippen molar-refractivity contribution in [3.63, 3.8) is 0 Å². The summed E-state index contributed by atoms with van der Waals surface area (Å²) in [7, 11) is 1.86. The van der Waals surface area contributed by atoms with Gasteiger partial charge in [-0.25, -0.2) is 4.39 Å². The van der Waals surface area contributed by atoms with Gasteiger partial charge in [0.25, 0.3) is 0 Å². The summed E-state index contributed by atoms with van der Waals surface area (Å²) in [5.41, 5.74) is 7.89. The molecular weight excluding hydrogens is 285 g/mol. The van der Waals surface area contributed by atoms with Gasteiger partial charge in [-0.1, -0.05) is 6.07 Å². The van der Waals surface area contributed by atoms with Crippen LogP contribution in [0.2, 0.25) is 0 Å². The minimum atomic E-state index is -0.279. The zero-order chi connectivity index (χ0) is 12.4. The molecule has 0 aliphatic carbocycles. The maximum absolute atomic E-state index is 13.1. The standard InChI is InChI=1S/C12H13BrFN3/c1-17-5-4-9(16-17)7-12(15)8-2-3-11(14)10(13)6-8/h2-6,12H,7,15H2,1H3. The van der Waals surface area contributed by atoms with Gasteiger partial charge in [0.05, 0.1) is 10.2 Å². The third-order valence-corrected chi connectivity index (χ3v) is 3.18. The first-order chi connectivity index (χ1) is 8.06. The summed E-state index contributed by atoms with van der Waals surface area (Å²) in [6.07, 6.45) is 2.52. The van der Waals surface area contributed by atoms with Crippen molar-refractivity contribution in [2.75, 3.05) is 0 Å². The fourth-order valence-corrected chi connectivity index (χ4v) is 2.05. The van der Waals surface area contributed by atoms with Crippen molar-refractivity contribution in [3.05, 3.63) is 52.0 Å². The van der Waals surface area contributed by atoms with Gasteiger partial charge in [-0.15, -0.1) is 0 Å². The first-order valence-corrected chi connectivity index (χ1v) is 6.04. The smallest absolute Gasteiger partial charge is 0.137 e. The molecule has 1 aromatic heterocycles. The lowest BCUT2D eigenvalue weighted by molar-refractivity contribution is 0.616. The lowest BCUT2D eigenvalue weighted by Crippen LogP contribution is -2.14. The fourth-order valence-electron chi connectivity index (χ4n) is 1.66. The summed E-state index contributed by atoms with van der Waals surface area (Å²) in [5.74, 6) is -0.279. The molecular formula is C12H13BrFN3. The van der Waals surface area contributed by atoms with Crippen molar-refractivity contribution >= 4 is 15.9 Å². The highest BCUT2D eigenvalue weighted by molar-refractivity contribution is 9.10. The Labute approximate surface area is 108 Å². The molecule has 90 valence electrons. The van der Waals surface area contributed by atoms with Crippen molar-refractivity contribution in [3.8, 4) is 0 Å². The normalized spacial score (nSPS) is 12.7. The van der Waals surface area contributed by atoms with E-state index in [1.807, 2.05) is 19.3 Å².